The normalized spacial score (nSPS) is 13.8. The fraction of sp³-hybridized carbons (Fsp3) is 0.167. The lowest BCUT2D eigenvalue weighted by Gasteiger charge is -2.14. The van der Waals surface area contributed by atoms with Gasteiger partial charge in [-0.25, -0.2) is 0 Å². The number of benzene rings is 1. The zero-order valence-corrected chi connectivity index (χ0v) is 9.62. The van der Waals surface area contributed by atoms with Gasteiger partial charge in [-0.2, -0.15) is 0 Å². The van der Waals surface area contributed by atoms with Crippen molar-refractivity contribution < 1.29 is 9.59 Å². The van der Waals surface area contributed by atoms with E-state index in [0.29, 0.717) is 17.1 Å². The first-order chi connectivity index (χ1) is 8.20. The molecule has 0 fully saturated rings. The van der Waals surface area contributed by atoms with E-state index in [4.69, 9.17) is 11.6 Å². The minimum absolute atomic E-state index is 0.0734. The summed E-state index contributed by atoms with van der Waals surface area (Å²) in [6.45, 7) is 0.283. The maximum absolute atomic E-state index is 11.5. The van der Waals surface area contributed by atoms with E-state index < -0.39 is 0 Å². The summed E-state index contributed by atoms with van der Waals surface area (Å²) < 4.78 is 1.83. The zero-order valence-electron chi connectivity index (χ0n) is 8.87. The molecule has 2 aromatic rings. The summed E-state index contributed by atoms with van der Waals surface area (Å²) in [5.74, 6) is -0.0734. The van der Waals surface area contributed by atoms with E-state index in [-0.39, 0.29) is 12.5 Å². The Morgan fingerprint density at radius 1 is 1.47 bits per heavy atom. The van der Waals surface area contributed by atoms with Gasteiger partial charge in [-0.3, -0.25) is 4.79 Å². The Hall–Kier alpha value is -1.81. The Labute approximate surface area is 102 Å². The van der Waals surface area contributed by atoms with E-state index in [0.717, 1.165) is 22.8 Å². The number of nitrogens with one attached hydrogen (secondary N) is 1. The van der Waals surface area contributed by atoms with E-state index in [1.807, 2.05) is 16.8 Å². The van der Waals surface area contributed by atoms with Crippen molar-refractivity contribution in [3.63, 3.8) is 0 Å². The number of amides is 1. The monoisotopic (exact) mass is 248 g/mol. The van der Waals surface area contributed by atoms with Crippen molar-refractivity contribution in [2.75, 3.05) is 5.32 Å². The predicted octanol–water partition coefficient (Wildman–Crippen LogP) is 1.99. The maximum Gasteiger partial charge on any atom is 0.228 e. The van der Waals surface area contributed by atoms with Gasteiger partial charge in [0.2, 0.25) is 5.91 Å². The number of aldehydes is 1. The van der Waals surface area contributed by atoms with Crippen LogP contribution in [0.3, 0.4) is 0 Å². The van der Waals surface area contributed by atoms with Crippen LogP contribution in [0.4, 0.5) is 5.69 Å². The minimum atomic E-state index is -0.0734. The van der Waals surface area contributed by atoms with Crippen LogP contribution in [0.2, 0.25) is 5.02 Å². The predicted molar refractivity (Wildman–Crippen MR) is 65.3 cm³/mol. The Morgan fingerprint density at radius 3 is 3.06 bits per heavy atom. The van der Waals surface area contributed by atoms with Crippen molar-refractivity contribution in [2.24, 2.45) is 0 Å². The number of halogens is 1. The van der Waals surface area contributed by atoms with Crippen LogP contribution in [0.1, 0.15) is 5.56 Å². The highest BCUT2D eigenvalue weighted by molar-refractivity contribution is 6.36. The highest BCUT2D eigenvalue weighted by Crippen LogP contribution is 2.37. The summed E-state index contributed by atoms with van der Waals surface area (Å²) in [6.07, 6.45) is 3.01. The molecule has 0 spiro atoms. The fourth-order valence-corrected chi connectivity index (χ4v) is 2.50. The number of hydrogen-bond acceptors (Lipinski definition) is 2. The summed E-state index contributed by atoms with van der Waals surface area (Å²) in [7, 11) is 0. The van der Waals surface area contributed by atoms with Gasteiger partial charge in [0, 0.05) is 11.6 Å². The van der Waals surface area contributed by atoms with Gasteiger partial charge in [-0.05, 0) is 17.7 Å². The van der Waals surface area contributed by atoms with Crippen molar-refractivity contribution >= 4 is 40.4 Å². The average Bonchev–Trinajstić information content (AvgIpc) is 2.62. The summed E-state index contributed by atoms with van der Waals surface area (Å²) in [4.78, 5) is 22.2. The van der Waals surface area contributed by atoms with Crippen LogP contribution in [-0.4, -0.2) is 16.8 Å². The molecule has 1 N–H and O–H groups in total. The molecule has 5 heteroatoms. The zero-order chi connectivity index (χ0) is 12.0. The summed E-state index contributed by atoms with van der Waals surface area (Å²) in [5, 5.41) is 4.24. The summed E-state index contributed by atoms with van der Waals surface area (Å²) >= 11 is 6.07. The number of aromatic nitrogens is 1. The van der Waals surface area contributed by atoms with Gasteiger partial charge in [-0.1, -0.05) is 11.6 Å². The number of carbonyl (C=O) groups is 2. The van der Waals surface area contributed by atoms with Crippen LogP contribution >= 0.6 is 11.6 Å². The summed E-state index contributed by atoms with van der Waals surface area (Å²) in [5.41, 5.74) is 2.50. The number of hydrogen-bond donors (Lipinski definition) is 1. The average molecular weight is 249 g/mol. The molecule has 17 heavy (non-hydrogen) atoms. The molecule has 1 aromatic carbocycles. The molecule has 86 valence electrons. The van der Waals surface area contributed by atoms with Crippen molar-refractivity contribution in [2.45, 2.75) is 13.0 Å². The number of anilines is 1. The summed E-state index contributed by atoms with van der Waals surface area (Å²) in [6, 6.07) is 3.60. The van der Waals surface area contributed by atoms with Crippen molar-refractivity contribution in [1.82, 2.24) is 4.57 Å². The van der Waals surface area contributed by atoms with Crippen LogP contribution < -0.4 is 5.32 Å². The van der Waals surface area contributed by atoms with Gasteiger partial charge >= 0.3 is 0 Å². The third kappa shape index (κ3) is 1.45. The Morgan fingerprint density at radius 2 is 2.29 bits per heavy atom. The number of nitrogens with zero attached hydrogens (tertiary/aromatic N) is 1. The minimum Gasteiger partial charge on any atom is -0.340 e. The van der Waals surface area contributed by atoms with Gasteiger partial charge in [-0.15, -0.1) is 0 Å². The van der Waals surface area contributed by atoms with Crippen LogP contribution in [0.15, 0.2) is 18.3 Å². The third-order valence-electron chi connectivity index (χ3n) is 2.96. The van der Waals surface area contributed by atoms with E-state index >= 15 is 0 Å². The Kier molecular flexibility index (Phi) is 2.19. The molecule has 1 aromatic heterocycles. The first-order valence-corrected chi connectivity index (χ1v) is 5.62. The molecule has 4 nitrogen and oxygen atoms in total. The quantitative estimate of drug-likeness (QED) is 0.827. The maximum atomic E-state index is 11.5. The lowest BCUT2D eigenvalue weighted by atomic mass is 10.0. The molecule has 0 radical (unpaired) electrons. The molecule has 2 heterocycles. The number of carbonyl (C=O) groups excluding carboxylic acids is 2. The second-order valence-corrected chi connectivity index (χ2v) is 4.42. The molecule has 0 bridgehead atoms. The SMILES string of the molecule is O=CCn1cc2c3c(c(Cl)ccc31)NC(=O)C2. The van der Waals surface area contributed by atoms with Crippen molar-refractivity contribution in [3.05, 3.63) is 28.9 Å². The fourth-order valence-electron chi connectivity index (χ4n) is 2.30. The van der Waals surface area contributed by atoms with Gasteiger partial charge in [0.1, 0.15) is 6.29 Å². The molecule has 0 saturated heterocycles. The second-order valence-electron chi connectivity index (χ2n) is 4.01. The van der Waals surface area contributed by atoms with E-state index in [9.17, 15) is 9.59 Å². The van der Waals surface area contributed by atoms with E-state index in [1.54, 1.807) is 6.07 Å². The van der Waals surface area contributed by atoms with Gasteiger partial charge in [0.15, 0.2) is 0 Å². The van der Waals surface area contributed by atoms with Crippen LogP contribution in [0.25, 0.3) is 10.9 Å². The number of rotatable bonds is 2. The Bertz CT molecular complexity index is 645. The molecule has 1 aliphatic rings. The molecule has 0 atom stereocenters. The van der Waals surface area contributed by atoms with Crippen LogP contribution in [0.5, 0.6) is 0 Å². The highest BCUT2D eigenvalue weighted by atomic mass is 35.5. The van der Waals surface area contributed by atoms with Gasteiger partial charge in [0.05, 0.1) is 29.2 Å². The van der Waals surface area contributed by atoms with Crippen LogP contribution in [-0.2, 0) is 22.6 Å². The lowest BCUT2D eigenvalue weighted by Crippen LogP contribution is -2.18. The third-order valence-corrected chi connectivity index (χ3v) is 3.28. The van der Waals surface area contributed by atoms with Gasteiger partial charge in [0.25, 0.3) is 0 Å². The van der Waals surface area contributed by atoms with Crippen LogP contribution in [0, 0.1) is 0 Å². The first kappa shape index (κ1) is 10.4. The molecule has 0 saturated carbocycles. The van der Waals surface area contributed by atoms with E-state index in [1.165, 1.54) is 0 Å². The highest BCUT2D eigenvalue weighted by Gasteiger charge is 2.22. The molecule has 0 aliphatic carbocycles. The standard InChI is InChI=1S/C12H9ClN2O2/c13-8-1-2-9-11-7(6-15(9)3-4-16)5-10(17)14-12(8)11/h1-2,4,6H,3,5H2,(H,14,17). The molecular weight excluding hydrogens is 240 g/mol. The van der Waals surface area contributed by atoms with E-state index in [2.05, 4.69) is 5.32 Å². The molecule has 1 amide bonds. The topological polar surface area (TPSA) is 51.1 Å². The first-order valence-electron chi connectivity index (χ1n) is 5.24. The molecule has 1 aliphatic heterocycles. The lowest BCUT2D eigenvalue weighted by molar-refractivity contribution is -0.115. The second kappa shape index (κ2) is 3.60. The molecular formula is C12H9ClN2O2. The molecule has 0 unspecified atom stereocenters. The largest absolute Gasteiger partial charge is 0.340 e. The Balaban J connectivity index is 2.36. The molecule has 3 rings (SSSR count). The van der Waals surface area contributed by atoms with Crippen molar-refractivity contribution in [1.29, 1.82) is 0 Å². The van der Waals surface area contributed by atoms with Crippen molar-refractivity contribution in [3.8, 4) is 0 Å². The van der Waals surface area contributed by atoms with Gasteiger partial charge < -0.3 is 14.7 Å². The smallest absolute Gasteiger partial charge is 0.228 e.